The monoisotopic (exact) mass is 224 g/mol. The lowest BCUT2D eigenvalue weighted by Gasteiger charge is -2.11. The smallest absolute Gasteiger partial charge is 0.339 e. The summed E-state index contributed by atoms with van der Waals surface area (Å²) in [5, 5.41) is 2.99. The lowest BCUT2D eigenvalue weighted by Crippen LogP contribution is -2.25. The fourth-order valence-electron chi connectivity index (χ4n) is 1.36. The topological polar surface area (TPSA) is 60.3 Å². The highest BCUT2D eigenvalue weighted by Gasteiger charge is 2.11. The van der Waals surface area contributed by atoms with Crippen LogP contribution in [-0.4, -0.2) is 23.7 Å². The third-order valence-electron chi connectivity index (χ3n) is 2.05. The maximum Gasteiger partial charge on any atom is 0.339 e. The fourth-order valence-corrected chi connectivity index (χ4v) is 1.36. The first-order valence-electron chi connectivity index (χ1n) is 5.01. The van der Waals surface area contributed by atoms with Crippen molar-refractivity contribution >= 4 is 11.7 Å². The van der Waals surface area contributed by atoms with Gasteiger partial charge in [0.1, 0.15) is 5.69 Å². The third-order valence-corrected chi connectivity index (χ3v) is 2.05. The maximum atomic E-state index is 11.7. The largest absolute Gasteiger partial charge is 0.465 e. The molecular weight excluding hydrogens is 208 g/mol. The van der Waals surface area contributed by atoms with E-state index in [4.69, 9.17) is 0 Å². The molecule has 0 bridgehead atoms. The van der Waals surface area contributed by atoms with Crippen molar-refractivity contribution in [3.63, 3.8) is 0 Å². The highest BCUT2D eigenvalue weighted by atomic mass is 16.5. The number of hydrogen-bond acceptors (Lipinski definition) is 4. The molecule has 0 aliphatic carbocycles. The molecule has 5 heteroatoms. The van der Waals surface area contributed by atoms with Gasteiger partial charge in [-0.3, -0.25) is 4.79 Å². The third kappa shape index (κ3) is 2.62. The summed E-state index contributed by atoms with van der Waals surface area (Å²) in [5.74, 6) is -0.456. The molecule has 0 saturated carbocycles. The molecule has 0 aliphatic heterocycles. The van der Waals surface area contributed by atoms with Crippen LogP contribution in [0.15, 0.2) is 17.1 Å². The average Bonchev–Trinajstić information content (AvgIpc) is 2.22. The molecular formula is C11H16N2O3. The predicted octanol–water partition coefficient (Wildman–Crippen LogP) is 0.992. The van der Waals surface area contributed by atoms with Crippen LogP contribution >= 0.6 is 0 Å². The molecule has 0 saturated heterocycles. The standard InChI is InChI=1S/C11H16N2O3/c1-7(2)12-9-5-8(11(15)16-4)6-13(3)10(9)14/h5-7,12H,1-4H3. The van der Waals surface area contributed by atoms with Gasteiger partial charge in [-0.05, 0) is 19.9 Å². The molecule has 0 unspecified atom stereocenters. The van der Waals surface area contributed by atoms with Crippen molar-refractivity contribution in [3.8, 4) is 0 Å². The number of aryl methyl sites for hydroxylation is 1. The molecule has 0 fully saturated rings. The van der Waals surface area contributed by atoms with Crippen molar-refractivity contribution in [2.24, 2.45) is 7.05 Å². The molecule has 0 atom stereocenters. The number of aromatic nitrogens is 1. The first-order chi connectivity index (χ1) is 7.45. The Morgan fingerprint density at radius 3 is 2.62 bits per heavy atom. The highest BCUT2D eigenvalue weighted by Crippen LogP contribution is 2.07. The van der Waals surface area contributed by atoms with Crippen LogP contribution in [0.1, 0.15) is 24.2 Å². The Morgan fingerprint density at radius 2 is 2.12 bits per heavy atom. The minimum atomic E-state index is -0.456. The highest BCUT2D eigenvalue weighted by molar-refractivity contribution is 5.89. The van der Waals surface area contributed by atoms with Gasteiger partial charge in [0.2, 0.25) is 0 Å². The van der Waals surface area contributed by atoms with E-state index in [1.807, 2.05) is 13.8 Å². The van der Waals surface area contributed by atoms with Crippen LogP contribution in [-0.2, 0) is 11.8 Å². The van der Waals surface area contributed by atoms with Crippen LogP contribution in [0.4, 0.5) is 5.69 Å². The zero-order valence-corrected chi connectivity index (χ0v) is 9.90. The van der Waals surface area contributed by atoms with Gasteiger partial charge in [0, 0.05) is 19.3 Å². The lowest BCUT2D eigenvalue weighted by atomic mass is 10.2. The van der Waals surface area contributed by atoms with E-state index in [-0.39, 0.29) is 11.6 Å². The summed E-state index contributed by atoms with van der Waals surface area (Å²) in [6.07, 6.45) is 1.46. The van der Waals surface area contributed by atoms with E-state index in [9.17, 15) is 9.59 Å². The number of ether oxygens (including phenoxy) is 1. The summed E-state index contributed by atoms with van der Waals surface area (Å²) in [7, 11) is 2.91. The number of nitrogens with one attached hydrogen (secondary N) is 1. The first-order valence-corrected chi connectivity index (χ1v) is 5.01. The first kappa shape index (κ1) is 12.3. The van der Waals surface area contributed by atoms with Crippen LogP contribution in [0.3, 0.4) is 0 Å². The zero-order valence-electron chi connectivity index (χ0n) is 9.90. The van der Waals surface area contributed by atoms with Crippen LogP contribution in [0, 0.1) is 0 Å². The molecule has 1 aromatic heterocycles. The number of nitrogens with zero attached hydrogens (tertiary/aromatic N) is 1. The Kier molecular flexibility index (Phi) is 3.71. The Bertz CT molecular complexity index is 449. The Labute approximate surface area is 94.0 Å². The van der Waals surface area contributed by atoms with Gasteiger partial charge in [-0.15, -0.1) is 0 Å². The minimum Gasteiger partial charge on any atom is -0.465 e. The number of pyridine rings is 1. The zero-order chi connectivity index (χ0) is 12.3. The van der Waals surface area contributed by atoms with E-state index in [2.05, 4.69) is 10.1 Å². The van der Waals surface area contributed by atoms with Gasteiger partial charge in [0.25, 0.3) is 5.56 Å². The second-order valence-electron chi connectivity index (χ2n) is 3.85. The molecule has 0 aliphatic rings. The molecule has 0 radical (unpaired) electrons. The van der Waals surface area contributed by atoms with Crippen molar-refractivity contribution in [2.75, 3.05) is 12.4 Å². The molecule has 0 spiro atoms. The quantitative estimate of drug-likeness (QED) is 0.778. The molecule has 16 heavy (non-hydrogen) atoms. The number of esters is 1. The Hall–Kier alpha value is -1.78. The van der Waals surface area contributed by atoms with E-state index in [0.29, 0.717) is 11.3 Å². The van der Waals surface area contributed by atoms with E-state index < -0.39 is 5.97 Å². The summed E-state index contributed by atoms with van der Waals surface area (Å²) in [4.78, 5) is 23.1. The second-order valence-corrected chi connectivity index (χ2v) is 3.85. The summed E-state index contributed by atoms with van der Waals surface area (Å²) in [6.45, 7) is 3.84. The maximum absolute atomic E-state index is 11.7. The molecule has 88 valence electrons. The van der Waals surface area contributed by atoms with E-state index in [0.717, 1.165) is 0 Å². The number of methoxy groups -OCH3 is 1. The second kappa shape index (κ2) is 4.83. The van der Waals surface area contributed by atoms with Crippen LogP contribution in [0.2, 0.25) is 0 Å². The molecule has 0 amide bonds. The lowest BCUT2D eigenvalue weighted by molar-refractivity contribution is 0.0600. The van der Waals surface area contributed by atoms with Gasteiger partial charge in [0.15, 0.2) is 0 Å². The average molecular weight is 224 g/mol. The predicted molar refractivity (Wildman–Crippen MR) is 61.8 cm³/mol. The summed E-state index contributed by atoms with van der Waals surface area (Å²) < 4.78 is 5.97. The van der Waals surface area contributed by atoms with Crippen molar-refractivity contribution < 1.29 is 9.53 Å². The van der Waals surface area contributed by atoms with Crippen LogP contribution in [0.5, 0.6) is 0 Å². The molecule has 1 rings (SSSR count). The Morgan fingerprint density at radius 1 is 1.50 bits per heavy atom. The van der Waals surface area contributed by atoms with E-state index in [1.54, 1.807) is 7.05 Å². The van der Waals surface area contributed by atoms with Gasteiger partial charge < -0.3 is 14.6 Å². The van der Waals surface area contributed by atoms with Crippen molar-refractivity contribution in [1.29, 1.82) is 0 Å². The summed E-state index contributed by atoms with van der Waals surface area (Å²) in [5.41, 5.74) is 0.592. The normalized spacial score (nSPS) is 10.3. The summed E-state index contributed by atoms with van der Waals surface area (Å²) >= 11 is 0. The number of carbonyl (C=O) groups is 1. The molecule has 0 aromatic carbocycles. The van der Waals surface area contributed by atoms with Gasteiger partial charge in [-0.1, -0.05) is 0 Å². The van der Waals surface area contributed by atoms with E-state index in [1.165, 1.54) is 23.9 Å². The van der Waals surface area contributed by atoms with Crippen LogP contribution < -0.4 is 10.9 Å². The molecule has 1 heterocycles. The van der Waals surface area contributed by atoms with Crippen LogP contribution in [0.25, 0.3) is 0 Å². The Balaban J connectivity index is 3.22. The fraction of sp³-hybridized carbons (Fsp3) is 0.455. The number of hydrogen-bond donors (Lipinski definition) is 1. The van der Waals surface area contributed by atoms with E-state index >= 15 is 0 Å². The van der Waals surface area contributed by atoms with Gasteiger partial charge in [-0.25, -0.2) is 4.79 Å². The van der Waals surface area contributed by atoms with Crippen molar-refractivity contribution in [2.45, 2.75) is 19.9 Å². The van der Waals surface area contributed by atoms with Crippen molar-refractivity contribution in [3.05, 3.63) is 28.2 Å². The van der Waals surface area contributed by atoms with Gasteiger partial charge in [0.05, 0.1) is 12.7 Å². The van der Waals surface area contributed by atoms with Crippen molar-refractivity contribution in [1.82, 2.24) is 4.57 Å². The number of anilines is 1. The van der Waals surface area contributed by atoms with Gasteiger partial charge in [-0.2, -0.15) is 0 Å². The molecule has 1 N–H and O–H groups in total. The number of rotatable bonds is 3. The molecule has 1 aromatic rings. The van der Waals surface area contributed by atoms with Gasteiger partial charge >= 0.3 is 5.97 Å². The molecule has 5 nitrogen and oxygen atoms in total. The SMILES string of the molecule is COC(=O)c1cc(NC(C)C)c(=O)n(C)c1. The minimum absolute atomic E-state index is 0.126. The summed E-state index contributed by atoms with van der Waals surface area (Å²) in [6, 6.07) is 1.63. The number of carbonyl (C=O) groups excluding carboxylic acids is 1.